The third-order valence-electron chi connectivity index (χ3n) is 8.92. The van der Waals surface area contributed by atoms with E-state index in [1.54, 1.807) is 12.1 Å². The highest BCUT2D eigenvalue weighted by molar-refractivity contribution is 6.03. The highest BCUT2D eigenvalue weighted by atomic mass is 19.1. The molecule has 8 atom stereocenters. The summed E-state index contributed by atoms with van der Waals surface area (Å²) in [5.41, 5.74) is 1.63. The predicted octanol–water partition coefficient (Wildman–Crippen LogP) is 4.83. The van der Waals surface area contributed by atoms with Crippen molar-refractivity contribution in [2.45, 2.75) is 83.4 Å². The summed E-state index contributed by atoms with van der Waals surface area (Å²) in [5.74, 6) is -5.77. The molecule has 0 saturated carbocycles. The van der Waals surface area contributed by atoms with E-state index in [0.29, 0.717) is 16.8 Å². The van der Waals surface area contributed by atoms with Crippen LogP contribution in [-0.4, -0.2) is 73.6 Å². The first kappa shape index (κ1) is 40.3. The number of β-lactam (4-membered cyclic amide) rings is 1. The number of halogens is 2. The van der Waals surface area contributed by atoms with Gasteiger partial charge in [-0.05, 0) is 72.5 Å². The zero-order chi connectivity index (χ0) is 40.0. The molecule has 2 heterocycles. The maximum Gasteiger partial charge on any atom is 0.339 e. The van der Waals surface area contributed by atoms with Gasteiger partial charge in [-0.2, -0.15) is 0 Å². The molecule has 16 heteroatoms. The van der Waals surface area contributed by atoms with Crippen molar-refractivity contribution in [3.63, 3.8) is 0 Å². The lowest BCUT2D eigenvalue weighted by atomic mass is 9.78. The minimum Gasteiger partial charge on any atom is -0.467 e. The highest BCUT2D eigenvalue weighted by Gasteiger charge is 2.56. The molecule has 2 aliphatic rings. The van der Waals surface area contributed by atoms with E-state index in [0.717, 1.165) is 27.9 Å². The summed E-state index contributed by atoms with van der Waals surface area (Å²) in [7, 11) is 1.07. The van der Waals surface area contributed by atoms with Crippen LogP contribution >= 0.6 is 0 Å². The number of anilines is 1. The molecule has 0 radical (unpaired) electrons. The van der Waals surface area contributed by atoms with Crippen LogP contribution < -0.4 is 9.64 Å². The van der Waals surface area contributed by atoms with Gasteiger partial charge in [-0.25, -0.2) is 13.6 Å². The fraction of sp³-hybridized carbons (Fsp3) is 0.385. The molecule has 0 aromatic heterocycles. The van der Waals surface area contributed by atoms with E-state index in [1.165, 1.54) is 72.5 Å². The topological polar surface area (TPSA) is 170 Å². The van der Waals surface area contributed by atoms with E-state index in [-0.39, 0.29) is 24.5 Å². The minimum absolute atomic E-state index is 0.129. The zero-order valence-corrected chi connectivity index (χ0v) is 30.5. The minimum atomic E-state index is -1.66. The summed E-state index contributed by atoms with van der Waals surface area (Å²) in [6, 6.07) is 16.7. The molecule has 0 N–H and O–H groups in total. The first-order valence-corrected chi connectivity index (χ1v) is 17.2. The van der Waals surface area contributed by atoms with E-state index < -0.39 is 90.3 Å². The van der Waals surface area contributed by atoms with Crippen molar-refractivity contribution in [2.75, 3.05) is 12.0 Å². The number of methoxy groups -OCH3 is 1. The number of carbonyl (C=O) groups excluding carboxylic acids is 6. The third kappa shape index (κ3) is 9.62. The van der Waals surface area contributed by atoms with Crippen molar-refractivity contribution in [2.24, 2.45) is 5.92 Å². The lowest BCUT2D eigenvalue weighted by Gasteiger charge is -2.48. The summed E-state index contributed by atoms with van der Waals surface area (Å²) in [4.78, 5) is 76.3. The van der Waals surface area contributed by atoms with Crippen LogP contribution in [0, 0.1) is 17.6 Å². The number of carbonyl (C=O) groups is 6. The molecule has 0 aliphatic carbocycles. The summed E-state index contributed by atoms with van der Waals surface area (Å²) in [6.07, 6.45) is -8.18. The van der Waals surface area contributed by atoms with Gasteiger partial charge in [0.1, 0.15) is 23.5 Å². The van der Waals surface area contributed by atoms with E-state index in [1.807, 2.05) is 0 Å². The van der Waals surface area contributed by atoms with Gasteiger partial charge in [-0.3, -0.25) is 24.0 Å². The molecule has 292 valence electrons. The molecule has 1 amide bonds. The smallest absolute Gasteiger partial charge is 0.339 e. The maximum atomic E-state index is 13.9. The van der Waals surface area contributed by atoms with Gasteiger partial charge in [-0.1, -0.05) is 24.3 Å². The average Bonchev–Trinajstić information content (AvgIpc) is 3.13. The Balaban J connectivity index is 1.43. The van der Waals surface area contributed by atoms with Gasteiger partial charge < -0.3 is 38.1 Å². The van der Waals surface area contributed by atoms with Crippen LogP contribution in [0.3, 0.4) is 0 Å². The van der Waals surface area contributed by atoms with Crippen LogP contribution in [0.4, 0.5) is 14.5 Å². The number of esters is 5. The van der Waals surface area contributed by atoms with E-state index >= 15 is 0 Å². The lowest BCUT2D eigenvalue weighted by molar-refractivity contribution is -0.282. The van der Waals surface area contributed by atoms with Gasteiger partial charge in [0.15, 0.2) is 18.3 Å². The maximum absolute atomic E-state index is 13.9. The van der Waals surface area contributed by atoms with Gasteiger partial charge in [0.2, 0.25) is 18.3 Å². The summed E-state index contributed by atoms with van der Waals surface area (Å²) >= 11 is 0. The predicted molar refractivity (Wildman–Crippen MR) is 185 cm³/mol. The van der Waals surface area contributed by atoms with Crippen molar-refractivity contribution in [3.05, 3.63) is 95.6 Å². The second-order valence-corrected chi connectivity index (χ2v) is 12.8. The van der Waals surface area contributed by atoms with E-state index in [2.05, 4.69) is 0 Å². The number of benzene rings is 3. The van der Waals surface area contributed by atoms with Gasteiger partial charge in [0, 0.05) is 33.4 Å². The van der Waals surface area contributed by atoms with Crippen molar-refractivity contribution < 1.29 is 70.7 Å². The van der Waals surface area contributed by atoms with Crippen LogP contribution in [0.1, 0.15) is 63.8 Å². The molecule has 5 rings (SSSR count). The van der Waals surface area contributed by atoms with Crippen LogP contribution in [-0.2, 0) is 57.2 Å². The first-order chi connectivity index (χ1) is 26.2. The number of nitrogens with zero attached hydrogens (tertiary/aromatic N) is 1. The monoisotopic (exact) mass is 767 g/mol. The first-order valence-electron chi connectivity index (χ1n) is 17.2. The van der Waals surface area contributed by atoms with E-state index in [9.17, 15) is 37.5 Å². The Morgan fingerprint density at radius 3 is 1.82 bits per heavy atom. The Bertz CT molecular complexity index is 1890. The molecular weight excluding hydrogens is 728 g/mol. The molecule has 2 aliphatic heterocycles. The van der Waals surface area contributed by atoms with Gasteiger partial charge in [-0.15, -0.1) is 0 Å². The van der Waals surface area contributed by atoms with Crippen molar-refractivity contribution in [1.29, 1.82) is 0 Å². The van der Waals surface area contributed by atoms with Crippen molar-refractivity contribution >= 4 is 41.4 Å². The number of rotatable bonds is 13. The van der Waals surface area contributed by atoms with Gasteiger partial charge in [0.05, 0.1) is 19.1 Å². The van der Waals surface area contributed by atoms with Crippen LogP contribution in [0.15, 0.2) is 72.8 Å². The standard InChI is InChI=1S/C39H39F2NO13/c1-20(43)50-31(24-6-10-26(40)11-7-24)19-18-30-32(42(37(30)47)28-14-12-27(41)13-15-28)25-8-16-29(17-9-25)54-39-36(53-23(4)46)34(52-22(3)45)33(51-21(2)44)35(55-39)38(48)49-5/h6-17,30-36,39H,18-19H2,1-5H3/t30-,31+,32-,33-,34-,35-,36-,39+/m1/s1. The Morgan fingerprint density at radius 2 is 1.27 bits per heavy atom. The second kappa shape index (κ2) is 17.5. The Morgan fingerprint density at radius 1 is 0.727 bits per heavy atom. The molecule has 14 nitrogen and oxygen atoms in total. The molecule has 3 aromatic rings. The number of hydrogen-bond donors (Lipinski definition) is 0. The summed E-state index contributed by atoms with van der Waals surface area (Å²) in [5, 5.41) is 0. The quantitative estimate of drug-likeness (QED) is 0.132. The largest absolute Gasteiger partial charge is 0.467 e. The molecule has 2 saturated heterocycles. The molecule has 0 bridgehead atoms. The van der Waals surface area contributed by atoms with Crippen LogP contribution in [0.25, 0.3) is 0 Å². The normalized spacial score (nSPS) is 23.7. The average molecular weight is 768 g/mol. The summed E-state index contributed by atoms with van der Waals surface area (Å²) in [6.45, 7) is 4.47. The third-order valence-corrected chi connectivity index (χ3v) is 8.92. The van der Waals surface area contributed by atoms with Crippen molar-refractivity contribution in [1.82, 2.24) is 0 Å². The Labute approximate surface area is 314 Å². The number of hydrogen-bond acceptors (Lipinski definition) is 13. The number of amides is 1. The molecule has 0 unspecified atom stereocenters. The molecule has 3 aromatic carbocycles. The van der Waals surface area contributed by atoms with Gasteiger partial charge >= 0.3 is 29.8 Å². The van der Waals surface area contributed by atoms with Gasteiger partial charge in [0.25, 0.3) is 0 Å². The van der Waals surface area contributed by atoms with Crippen LogP contribution in [0.2, 0.25) is 0 Å². The molecule has 2 fully saturated rings. The molecule has 55 heavy (non-hydrogen) atoms. The lowest BCUT2D eigenvalue weighted by Crippen LogP contribution is -2.64. The fourth-order valence-corrected chi connectivity index (χ4v) is 6.66. The second-order valence-electron chi connectivity index (χ2n) is 12.8. The molecule has 0 spiro atoms. The highest BCUT2D eigenvalue weighted by Crippen LogP contribution is 2.47. The fourth-order valence-electron chi connectivity index (χ4n) is 6.66. The Kier molecular flexibility index (Phi) is 12.8. The molecular formula is C39H39F2NO13. The Hall–Kier alpha value is -5.90. The zero-order valence-electron chi connectivity index (χ0n) is 30.5. The number of ether oxygens (including phenoxy) is 7. The summed E-state index contributed by atoms with van der Waals surface area (Å²) < 4.78 is 65.9. The van der Waals surface area contributed by atoms with Crippen molar-refractivity contribution in [3.8, 4) is 5.75 Å². The SMILES string of the molecule is COC(=O)[C@@H]1O[C@H](Oc2ccc([C@@H]3[C@@H](CC[C@H](OC(C)=O)c4ccc(F)cc4)C(=O)N3c3ccc(F)cc3)cc2)[C@H](OC(C)=O)[C@H](OC(C)=O)[C@H]1OC(C)=O. The van der Waals surface area contributed by atoms with E-state index in [4.69, 9.17) is 33.2 Å². The van der Waals surface area contributed by atoms with Crippen LogP contribution in [0.5, 0.6) is 5.75 Å².